The fourth-order valence-electron chi connectivity index (χ4n) is 2.97. The topological polar surface area (TPSA) is 88.0 Å². The fraction of sp³-hybridized carbons (Fsp3) is 0.412. The first-order chi connectivity index (χ1) is 12.5. The van der Waals surface area contributed by atoms with E-state index in [1.165, 1.54) is 6.08 Å². The number of aromatic nitrogens is 4. The third kappa shape index (κ3) is 4.51. The molecule has 2 N–H and O–H groups in total. The zero-order chi connectivity index (χ0) is 18.5. The summed E-state index contributed by atoms with van der Waals surface area (Å²) < 4.78 is 1.69. The second kappa shape index (κ2) is 8.18. The van der Waals surface area contributed by atoms with Gasteiger partial charge in [-0.05, 0) is 24.8 Å². The van der Waals surface area contributed by atoms with Gasteiger partial charge in [0, 0.05) is 32.9 Å². The maximum Gasteiger partial charge on any atom is 0.245 e. The average Bonchev–Trinajstić information content (AvgIpc) is 3.06. The lowest BCUT2D eigenvalue weighted by atomic mass is 9.98. The van der Waals surface area contributed by atoms with E-state index in [0.717, 1.165) is 25.1 Å². The van der Waals surface area contributed by atoms with E-state index in [1.54, 1.807) is 17.1 Å². The van der Waals surface area contributed by atoms with Crippen molar-refractivity contribution in [2.75, 3.05) is 30.3 Å². The maximum absolute atomic E-state index is 11.8. The van der Waals surface area contributed by atoms with E-state index in [0.29, 0.717) is 35.8 Å². The molecule has 0 saturated carbocycles. The molecule has 0 spiro atoms. The number of amides is 1. The molecular formula is C17H22ClN7O. The van der Waals surface area contributed by atoms with E-state index in [-0.39, 0.29) is 5.91 Å². The van der Waals surface area contributed by atoms with Crippen LogP contribution in [0, 0.1) is 5.92 Å². The molecule has 2 aromatic heterocycles. The summed E-state index contributed by atoms with van der Waals surface area (Å²) in [5, 5.41) is 10.9. The molecule has 9 heteroatoms. The van der Waals surface area contributed by atoms with Crippen LogP contribution in [0.4, 0.5) is 17.5 Å². The van der Waals surface area contributed by atoms with Gasteiger partial charge < -0.3 is 15.5 Å². The summed E-state index contributed by atoms with van der Waals surface area (Å²) >= 11 is 6.21. The number of nitrogens with one attached hydrogen (secondary N) is 2. The third-order valence-electron chi connectivity index (χ3n) is 4.27. The minimum absolute atomic E-state index is 0.0160. The van der Waals surface area contributed by atoms with Crippen molar-refractivity contribution >= 4 is 35.0 Å². The molecule has 138 valence electrons. The van der Waals surface area contributed by atoms with Crippen molar-refractivity contribution in [3.05, 3.63) is 36.3 Å². The molecule has 0 bridgehead atoms. The Morgan fingerprint density at radius 2 is 2.35 bits per heavy atom. The van der Waals surface area contributed by atoms with Crippen LogP contribution in [0.2, 0.25) is 5.02 Å². The molecule has 1 fully saturated rings. The Labute approximate surface area is 157 Å². The standard InChI is InChI=1S/C17H22ClN7O/c1-3-15(26)25-6-4-5-12(10-25)7-19-16-14(18)9-20-17(23-16)22-13-8-21-24(2)11-13/h3,8-9,11-12H,1,4-7,10H2,2H3,(H2,19,20,22,23). The van der Waals surface area contributed by atoms with Crippen molar-refractivity contribution in [2.45, 2.75) is 12.8 Å². The van der Waals surface area contributed by atoms with Gasteiger partial charge in [-0.15, -0.1) is 0 Å². The lowest BCUT2D eigenvalue weighted by Gasteiger charge is -2.32. The van der Waals surface area contributed by atoms with E-state index in [1.807, 2.05) is 18.1 Å². The van der Waals surface area contributed by atoms with E-state index in [4.69, 9.17) is 11.6 Å². The monoisotopic (exact) mass is 375 g/mol. The van der Waals surface area contributed by atoms with Gasteiger partial charge in [-0.2, -0.15) is 10.1 Å². The van der Waals surface area contributed by atoms with Gasteiger partial charge >= 0.3 is 0 Å². The molecule has 3 heterocycles. The average molecular weight is 376 g/mol. The van der Waals surface area contributed by atoms with Crippen LogP contribution in [0.15, 0.2) is 31.2 Å². The zero-order valence-electron chi connectivity index (χ0n) is 14.7. The minimum Gasteiger partial charge on any atom is -0.368 e. The van der Waals surface area contributed by atoms with Gasteiger partial charge in [-0.25, -0.2) is 4.98 Å². The van der Waals surface area contributed by atoms with Gasteiger partial charge in [0.15, 0.2) is 5.82 Å². The minimum atomic E-state index is -0.0160. The number of piperidine rings is 1. The number of rotatable bonds is 6. The second-order valence-electron chi connectivity index (χ2n) is 6.30. The molecule has 1 aliphatic heterocycles. The number of hydrogen-bond acceptors (Lipinski definition) is 6. The van der Waals surface area contributed by atoms with Crippen molar-refractivity contribution in [2.24, 2.45) is 13.0 Å². The molecule has 1 unspecified atom stereocenters. The third-order valence-corrected chi connectivity index (χ3v) is 4.55. The number of nitrogens with zero attached hydrogens (tertiary/aromatic N) is 5. The Bertz CT molecular complexity index is 791. The van der Waals surface area contributed by atoms with Crippen molar-refractivity contribution in [1.29, 1.82) is 0 Å². The maximum atomic E-state index is 11.8. The molecule has 2 aromatic rings. The summed E-state index contributed by atoms with van der Waals surface area (Å²) in [5.74, 6) is 1.34. The van der Waals surface area contributed by atoms with Crippen LogP contribution in [-0.4, -0.2) is 50.2 Å². The molecule has 0 aliphatic carbocycles. The number of halogens is 1. The number of aryl methyl sites for hydroxylation is 1. The smallest absolute Gasteiger partial charge is 0.245 e. The summed E-state index contributed by atoms with van der Waals surface area (Å²) in [6.07, 6.45) is 8.49. The van der Waals surface area contributed by atoms with Crippen LogP contribution >= 0.6 is 11.6 Å². The van der Waals surface area contributed by atoms with Gasteiger partial charge in [0.25, 0.3) is 0 Å². The Balaban J connectivity index is 1.61. The largest absolute Gasteiger partial charge is 0.368 e. The highest BCUT2D eigenvalue weighted by atomic mass is 35.5. The number of likely N-dealkylation sites (tertiary alicyclic amines) is 1. The van der Waals surface area contributed by atoms with Gasteiger partial charge in [0.1, 0.15) is 5.02 Å². The predicted molar refractivity (Wildman–Crippen MR) is 102 cm³/mol. The molecule has 0 aromatic carbocycles. The Morgan fingerprint density at radius 1 is 1.50 bits per heavy atom. The van der Waals surface area contributed by atoms with Crippen LogP contribution in [0.5, 0.6) is 0 Å². The highest BCUT2D eigenvalue weighted by Crippen LogP contribution is 2.23. The SMILES string of the molecule is C=CC(=O)N1CCCC(CNc2nc(Nc3cnn(C)c3)ncc2Cl)C1. The van der Waals surface area contributed by atoms with Crippen molar-refractivity contribution in [3.8, 4) is 0 Å². The number of carbonyl (C=O) groups is 1. The van der Waals surface area contributed by atoms with Crippen LogP contribution in [0.1, 0.15) is 12.8 Å². The molecule has 1 amide bonds. The summed E-state index contributed by atoms with van der Waals surface area (Å²) in [7, 11) is 1.84. The van der Waals surface area contributed by atoms with Crippen LogP contribution in [0.25, 0.3) is 0 Å². The van der Waals surface area contributed by atoms with Crippen molar-refractivity contribution < 1.29 is 4.79 Å². The number of hydrogen-bond donors (Lipinski definition) is 2. The summed E-state index contributed by atoms with van der Waals surface area (Å²) in [5.41, 5.74) is 0.798. The van der Waals surface area contributed by atoms with E-state index < -0.39 is 0 Å². The summed E-state index contributed by atoms with van der Waals surface area (Å²) in [4.78, 5) is 22.2. The zero-order valence-corrected chi connectivity index (χ0v) is 15.4. The summed E-state index contributed by atoms with van der Waals surface area (Å²) in [6, 6.07) is 0. The fourth-order valence-corrected chi connectivity index (χ4v) is 3.13. The first-order valence-corrected chi connectivity index (χ1v) is 8.86. The highest BCUT2D eigenvalue weighted by Gasteiger charge is 2.22. The first-order valence-electron chi connectivity index (χ1n) is 8.48. The molecule has 3 rings (SSSR count). The van der Waals surface area contributed by atoms with Crippen LogP contribution < -0.4 is 10.6 Å². The quantitative estimate of drug-likeness (QED) is 0.754. The lowest BCUT2D eigenvalue weighted by Crippen LogP contribution is -2.41. The summed E-state index contributed by atoms with van der Waals surface area (Å²) in [6.45, 7) is 5.74. The van der Waals surface area contributed by atoms with Gasteiger partial charge in [-0.3, -0.25) is 9.48 Å². The van der Waals surface area contributed by atoms with E-state index in [9.17, 15) is 4.79 Å². The molecule has 8 nitrogen and oxygen atoms in total. The number of anilines is 3. The highest BCUT2D eigenvalue weighted by molar-refractivity contribution is 6.32. The predicted octanol–water partition coefficient (Wildman–Crippen LogP) is 2.44. The molecule has 26 heavy (non-hydrogen) atoms. The molecule has 1 aliphatic rings. The Morgan fingerprint density at radius 3 is 3.08 bits per heavy atom. The normalized spacial score (nSPS) is 17.0. The lowest BCUT2D eigenvalue weighted by molar-refractivity contribution is -0.127. The second-order valence-corrected chi connectivity index (χ2v) is 6.70. The Hall–Kier alpha value is -2.61. The van der Waals surface area contributed by atoms with Crippen LogP contribution in [-0.2, 0) is 11.8 Å². The molecule has 0 radical (unpaired) electrons. The van der Waals surface area contributed by atoms with Crippen molar-refractivity contribution in [3.63, 3.8) is 0 Å². The van der Waals surface area contributed by atoms with E-state index >= 15 is 0 Å². The van der Waals surface area contributed by atoms with Crippen LogP contribution in [0.3, 0.4) is 0 Å². The molecule has 1 atom stereocenters. The molecular weight excluding hydrogens is 354 g/mol. The van der Waals surface area contributed by atoms with E-state index in [2.05, 4.69) is 32.3 Å². The number of carbonyl (C=O) groups excluding carboxylic acids is 1. The molecule has 1 saturated heterocycles. The first kappa shape index (κ1) is 18.2. The van der Waals surface area contributed by atoms with Crippen molar-refractivity contribution in [1.82, 2.24) is 24.6 Å². The van der Waals surface area contributed by atoms with Gasteiger partial charge in [0.2, 0.25) is 11.9 Å². The van der Waals surface area contributed by atoms with Gasteiger partial charge in [0.05, 0.1) is 18.1 Å². The Kier molecular flexibility index (Phi) is 5.72. The van der Waals surface area contributed by atoms with Gasteiger partial charge in [-0.1, -0.05) is 18.2 Å².